The lowest BCUT2D eigenvalue weighted by Crippen LogP contribution is -2.47. The molecule has 200 valence electrons. The van der Waals surface area contributed by atoms with Crippen molar-refractivity contribution in [3.63, 3.8) is 0 Å². The van der Waals surface area contributed by atoms with Gasteiger partial charge in [0.1, 0.15) is 23.8 Å². The minimum atomic E-state index is -3.93. The van der Waals surface area contributed by atoms with Gasteiger partial charge in [-0.3, -0.25) is 9.52 Å². The van der Waals surface area contributed by atoms with Crippen LogP contribution in [-0.2, 0) is 26.1 Å². The van der Waals surface area contributed by atoms with E-state index in [-0.39, 0.29) is 29.7 Å². The average Bonchev–Trinajstić information content (AvgIpc) is 3.26. The van der Waals surface area contributed by atoms with Crippen LogP contribution in [0.1, 0.15) is 29.9 Å². The molecule has 0 saturated carbocycles. The van der Waals surface area contributed by atoms with E-state index in [4.69, 9.17) is 21.1 Å². The molecule has 2 heterocycles. The Balaban J connectivity index is 1.28. The Morgan fingerprint density at radius 2 is 1.82 bits per heavy atom. The van der Waals surface area contributed by atoms with Crippen LogP contribution in [0.4, 0.5) is 10.1 Å². The SMILES string of the molecule is O=C(C[C@H]1C[C@H]2c3cc(NS(=O)(=O)c4ccc(F)cc4)ccc3O[C@H]2[C@H](CO)O1)NCc1ccc(Cl)cc1. The lowest BCUT2D eigenvalue weighted by Gasteiger charge is -2.37. The summed E-state index contributed by atoms with van der Waals surface area (Å²) in [7, 11) is -3.93. The Hall–Kier alpha value is -3.18. The fraction of sp³-hybridized carbons (Fsp3) is 0.296. The van der Waals surface area contributed by atoms with Crippen molar-refractivity contribution in [2.24, 2.45) is 0 Å². The lowest BCUT2D eigenvalue weighted by molar-refractivity contribution is -0.142. The van der Waals surface area contributed by atoms with Crippen molar-refractivity contribution in [3.8, 4) is 5.75 Å². The summed E-state index contributed by atoms with van der Waals surface area (Å²) >= 11 is 5.90. The molecule has 8 nitrogen and oxygen atoms in total. The second kappa shape index (κ2) is 10.9. The summed E-state index contributed by atoms with van der Waals surface area (Å²) in [5.41, 5.74) is 2.00. The van der Waals surface area contributed by atoms with Crippen LogP contribution in [0, 0.1) is 5.82 Å². The van der Waals surface area contributed by atoms with E-state index >= 15 is 0 Å². The number of nitrogens with one attached hydrogen (secondary N) is 2. The highest BCUT2D eigenvalue weighted by atomic mass is 35.5. The molecule has 0 spiro atoms. The molecule has 3 N–H and O–H groups in total. The zero-order chi connectivity index (χ0) is 26.9. The fourth-order valence-electron chi connectivity index (χ4n) is 4.86. The number of hydrogen-bond donors (Lipinski definition) is 3. The van der Waals surface area contributed by atoms with E-state index < -0.39 is 34.2 Å². The number of anilines is 1. The van der Waals surface area contributed by atoms with Crippen LogP contribution >= 0.6 is 11.6 Å². The first-order chi connectivity index (χ1) is 18.2. The summed E-state index contributed by atoms with van der Waals surface area (Å²) in [4.78, 5) is 12.6. The first kappa shape index (κ1) is 26.4. The van der Waals surface area contributed by atoms with Crippen molar-refractivity contribution in [1.82, 2.24) is 5.32 Å². The highest BCUT2D eigenvalue weighted by molar-refractivity contribution is 7.92. The third-order valence-corrected chi connectivity index (χ3v) is 8.34. The van der Waals surface area contributed by atoms with Crippen LogP contribution in [-0.4, -0.2) is 44.4 Å². The lowest BCUT2D eigenvalue weighted by atomic mass is 9.84. The number of amides is 1. The van der Waals surface area contributed by atoms with Crippen molar-refractivity contribution in [1.29, 1.82) is 0 Å². The maximum absolute atomic E-state index is 13.2. The largest absolute Gasteiger partial charge is 0.487 e. The first-order valence-corrected chi connectivity index (χ1v) is 13.9. The zero-order valence-corrected chi connectivity index (χ0v) is 21.7. The topological polar surface area (TPSA) is 114 Å². The summed E-state index contributed by atoms with van der Waals surface area (Å²) in [6, 6.07) is 16.7. The molecule has 0 aliphatic carbocycles. The number of hydrogen-bond acceptors (Lipinski definition) is 6. The van der Waals surface area contributed by atoms with E-state index in [0.717, 1.165) is 23.3 Å². The van der Waals surface area contributed by atoms with E-state index in [1.54, 1.807) is 30.3 Å². The normalized spacial score (nSPS) is 22.2. The standard InChI is InChI=1S/C27H26ClFN2O6S/c28-17-3-1-16(2-4-17)14-30-26(33)13-20-12-23-22-11-19(7-10-24(22)37-27(23)25(15-32)36-20)31-38(34,35)21-8-5-18(29)6-9-21/h1-11,20,23,25,27,31-32H,12-15H2,(H,30,33)/t20-,23+,25+,27-/m1/s1. The van der Waals surface area contributed by atoms with Crippen LogP contribution in [0.3, 0.4) is 0 Å². The van der Waals surface area contributed by atoms with Crippen LogP contribution in [0.15, 0.2) is 71.6 Å². The van der Waals surface area contributed by atoms with Crippen molar-refractivity contribution >= 4 is 33.2 Å². The van der Waals surface area contributed by atoms with E-state index in [9.17, 15) is 22.7 Å². The highest BCUT2D eigenvalue weighted by Crippen LogP contribution is 2.47. The number of aliphatic hydroxyl groups excluding tert-OH is 1. The third-order valence-electron chi connectivity index (χ3n) is 6.69. The van der Waals surface area contributed by atoms with Crippen molar-refractivity contribution in [3.05, 3.63) is 88.7 Å². The van der Waals surface area contributed by atoms with E-state index in [2.05, 4.69) is 10.0 Å². The van der Waals surface area contributed by atoms with E-state index in [0.29, 0.717) is 29.4 Å². The number of carbonyl (C=O) groups excluding carboxylic acids is 1. The summed E-state index contributed by atoms with van der Waals surface area (Å²) in [6.07, 6.45) is -1.02. The summed E-state index contributed by atoms with van der Waals surface area (Å²) in [5.74, 6) is -0.365. The van der Waals surface area contributed by atoms with Crippen LogP contribution in [0.2, 0.25) is 5.02 Å². The van der Waals surface area contributed by atoms with Crippen LogP contribution < -0.4 is 14.8 Å². The highest BCUT2D eigenvalue weighted by Gasteiger charge is 2.46. The number of halogens is 2. The molecule has 38 heavy (non-hydrogen) atoms. The molecule has 0 bridgehead atoms. The van der Waals surface area contributed by atoms with Crippen LogP contribution in [0.25, 0.3) is 0 Å². The molecule has 1 fully saturated rings. The number of ether oxygens (including phenoxy) is 2. The van der Waals surface area contributed by atoms with Crippen molar-refractivity contribution in [2.75, 3.05) is 11.3 Å². The molecular formula is C27H26ClFN2O6S. The van der Waals surface area contributed by atoms with Crippen molar-refractivity contribution < 1.29 is 32.2 Å². The smallest absolute Gasteiger partial charge is 0.261 e. The molecule has 5 rings (SSSR count). The monoisotopic (exact) mass is 560 g/mol. The van der Waals surface area contributed by atoms with Gasteiger partial charge in [-0.05, 0) is 66.6 Å². The Kier molecular flexibility index (Phi) is 7.58. The fourth-order valence-corrected chi connectivity index (χ4v) is 6.04. The summed E-state index contributed by atoms with van der Waals surface area (Å²) in [5, 5.41) is 13.5. The van der Waals surface area contributed by atoms with E-state index in [1.807, 2.05) is 12.1 Å². The molecule has 11 heteroatoms. The van der Waals surface area contributed by atoms with Gasteiger partial charge in [0.05, 0.1) is 24.0 Å². The predicted molar refractivity (Wildman–Crippen MR) is 139 cm³/mol. The molecule has 2 aliphatic rings. The molecule has 0 aromatic heterocycles. The quantitative estimate of drug-likeness (QED) is 0.384. The second-order valence-electron chi connectivity index (χ2n) is 9.32. The molecule has 1 amide bonds. The van der Waals surface area contributed by atoms with Gasteiger partial charge >= 0.3 is 0 Å². The first-order valence-electron chi connectivity index (χ1n) is 12.1. The Morgan fingerprint density at radius 1 is 1.08 bits per heavy atom. The zero-order valence-electron chi connectivity index (χ0n) is 20.1. The minimum absolute atomic E-state index is 0.0652. The van der Waals surface area contributed by atoms with Gasteiger partial charge < -0.3 is 19.9 Å². The van der Waals surface area contributed by atoms with Gasteiger partial charge in [-0.2, -0.15) is 0 Å². The number of aliphatic hydroxyl groups is 1. The summed E-state index contributed by atoms with van der Waals surface area (Å²) < 4.78 is 53.4. The minimum Gasteiger partial charge on any atom is -0.487 e. The Morgan fingerprint density at radius 3 is 2.53 bits per heavy atom. The number of carbonyl (C=O) groups is 1. The Bertz CT molecular complexity index is 1420. The molecule has 3 aromatic rings. The number of fused-ring (bicyclic) bond motifs is 3. The predicted octanol–water partition coefficient (Wildman–Crippen LogP) is 3.98. The average molecular weight is 561 g/mol. The number of rotatable bonds is 8. The molecule has 4 atom stereocenters. The van der Waals surface area contributed by atoms with Gasteiger partial charge in [0.25, 0.3) is 10.0 Å². The molecular weight excluding hydrogens is 535 g/mol. The van der Waals surface area contributed by atoms with E-state index in [1.165, 1.54) is 12.1 Å². The second-order valence-corrected chi connectivity index (χ2v) is 11.4. The summed E-state index contributed by atoms with van der Waals surface area (Å²) in [6.45, 7) is 0.0593. The molecule has 3 aromatic carbocycles. The molecule has 0 unspecified atom stereocenters. The molecule has 2 aliphatic heterocycles. The van der Waals surface area contributed by atoms with Crippen molar-refractivity contribution in [2.45, 2.75) is 48.5 Å². The maximum Gasteiger partial charge on any atom is 0.261 e. The van der Waals surface area contributed by atoms with Gasteiger partial charge in [-0.25, -0.2) is 12.8 Å². The maximum atomic E-state index is 13.2. The van der Waals surface area contributed by atoms with Gasteiger partial charge in [0, 0.05) is 28.7 Å². The Labute approximate surface area is 224 Å². The van der Waals surface area contributed by atoms with Gasteiger partial charge in [-0.15, -0.1) is 0 Å². The van der Waals surface area contributed by atoms with Crippen LogP contribution in [0.5, 0.6) is 5.75 Å². The number of benzene rings is 3. The number of sulfonamides is 1. The third kappa shape index (κ3) is 5.78. The van der Waals surface area contributed by atoms with Gasteiger partial charge in [0.2, 0.25) is 5.91 Å². The molecule has 0 radical (unpaired) electrons. The van der Waals surface area contributed by atoms with Gasteiger partial charge in [-0.1, -0.05) is 23.7 Å². The molecule has 1 saturated heterocycles. The van der Waals surface area contributed by atoms with Gasteiger partial charge in [0.15, 0.2) is 0 Å².